The highest BCUT2D eigenvalue weighted by atomic mass is 15.1. The number of nitrogens with one attached hydrogen (secondary N) is 1. The summed E-state index contributed by atoms with van der Waals surface area (Å²) >= 11 is 0. The number of nitrogens with zero attached hydrogens (tertiary/aromatic N) is 1. The number of hydrogen-bond donors (Lipinski definition) is 1. The molecule has 2 nitrogen and oxygen atoms in total. The first-order valence-electron chi connectivity index (χ1n) is 5.34. The summed E-state index contributed by atoms with van der Waals surface area (Å²) in [5, 5.41) is 6.84. The summed E-state index contributed by atoms with van der Waals surface area (Å²) in [6.07, 6.45) is 11.9. The molecular formula is C13H20N2. The second kappa shape index (κ2) is 9.00. The molecule has 0 spiro atoms. The lowest BCUT2D eigenvalue weighted by Crippen LogP contribution is -1.80. The lowest BCUT2D eigenvalue weighted by atomic mass is 10.1. The molecule has 0 amide bonds. The van der Waals surface area contributed by atoms with Crippen LogP contribution in [-0.2, 0) is 0 Å². The van der Waals surface area contributed by atoms with E-state index in [2.05, 4.69) is 10.2 Å². The molecule has 2 heteroatoms. The number of hydrogen-bond acceptors (Lipinski definition) is 1. The van der Waals surface area contributed by atoms with Gasteiger partial charge in [-0.05, 0) is 25.5 Å². The van der Waals surface area contributed by atoms with Crippen molar-refractivity contribution in [3.8, 4) is 0 Å². The Labute approximate surface area is 92.4 Å². The van der Waals surface area contributed by atoms with Crippen LogP contribution in [0.25, 0.3) is 5.57 Å². The third-order valence-electron chi connectivity index (χ3n) is 1.63. The minimum absolute atomic E-state index is 1.04. The van der Waals surface area contributed by atoms with Gasteiger partial charge in [-0.3, -0.25) is 5.10 Å². The fourth-order valence-electron chi connectivity index (χ4n) is 1.03. The van der Waals surface area contributed by atoms with Crippen LogP contribution in [0.5, 0.6) is 0 Å². The third-order valence-corrected chi connectivity index (χ3v) is 1.63. The van der Waals surface area contributed by atoms with Crippen molar-refractivity contribution in [1.82, 2.24) is 10.2 Å². The van der Waals surface area contributed by atoms with E-state index in [9.17, 15) is 0 Å². The van der Waals surface area contributed by atoms with Gasteiger partial charge in [-0.1, -0.05) is 44.2 Å². The highest BCUT2D eigenvalue weighted by Crippen LogP contribution is 2.12. The molecule has 0 bridgehead atoms. The van der Waals surface area contributed by atoms with E-state index >= 15 is 0 Å². The van der Waals surface area contributed by atoms with Gasteiger partial charge < -0.3 is 0 Å². The van der Waals surface area contributed by atoms with Crippen molar-refractivity contribution in [2.75, 3.05) is 0 Å². The smallest absolute Gasteiger partial charge is 0.0649 e. The first-order chi connectivity index (χ1) is 7.38. The number of allylic oxidation sites excluding steroid dienone is 6. The Morgan fingerprint density at radius 2 is 2.00 bits per heavy atom. The molecule has 0 atom stereocenters. The maximum Gasteiger partial charge on any atom is 0.0649 e. The van der Waals surface area contributed by atoms with E-state index in [-0.39, 0.29) is 0 Å². The summed E-state index contributed by atoms with van der Waals surface area (Å²) in [5.74, 6) is 0. The molecule has 0 aliphatic rings. The molecule has 0 saturated carbocycles. The fourth-order valence-corrected chi connectivity index (χ4v) is 1.03. The van der Waals surface area contributed by atoms with Gasteiger partial charge in [0.15, 0.2) is 0 Å². The molecule has 15 heavy (non-hydrogen) atoms. The average molecular weight is 204 g/mol. The third kappa shape index (κ3) is 5.01. The Balaban J connectivity index is 0.000000921. The molecule has 1 aromatic heterocycles. The predicted molar refractivity (Wildman–Crippen MR) is 67.5 cm³/mol. The summed E-state index contributed by atoms with van der Waals surface area (Å²) < 4.78 is 0. The van der Waals surface area contributed by atoms with Crippen LogP contribution in [0.15, 0.2) is 42.6 Å². The van der Waals surface area contributed by atoms with E-state index in [1.165, 1.54) is 0 Å². The van der Waals surface area contributed by atoms with Crippen molar-refractivity contribution in [2.24, 2.45) is 0 Å². The molecule has 0 fully saturated rings. The highest BCUT2D eigenvalue weighted by Gasteiger charge is 1.95. The summed E-state index contributed by atoms with van der Waals surface area (Å²) in [5.41, 5.74) is 2.18. The van der Waals surface area contributed by atoms with Crippen LogP contribution in [0.1, 0.15) is 33.4 Å². The molecule has 1 aromatic rings. The van der Waals surface area contributed by atoms with Gasteiger partial charge in [0, 0.05) is 6.20 Å². The predicted octanol–water partition coefficient (Wildman–Crippen LogP) is 3.97. The van der Waals surface area contributed by atoms with Gasteiger partial charge in [0.25, 0.3) is 0 Å². The monoisotopic (exact) mass is 204 g/mol. The van der Waals surface area contributed by atoms with Crippen LogP contribution >= 0.6 is 0 Å². The summed E-state index contributed by atoms with van der Waals surface area (Å²) in [6, 6.07) is 1.95. The maximum atomic E-state index is 3.91. The van der Waals surface area contributed by atoms with Gasteiger partial charge in [0.2, 0.25) is 0 Å². The zero-order chi connectivity index (χ0) is 11.5. The first kappa shape index (κ1) is 13.4. The maximum absolute atomic E-state index is 3.91. The largest absolute Gasteiger partial charge is 0.278 e. The van der Waals surface area contributed by atoms with Crippen molar-refractivity contribution < 1.29 is 0 Å². The molecule has 1 rings (SSSR count). The quantitative estimate of drug-likeness (QED) is 0.741. The Morgan fingerprint density at radius 3 is 2.47 bits per heavy atom. The topological polar surface area (TPSA) is 28.7 Å². The van der Waals surface area contributed by atoms with E-state index in [1.807, 2.05) is 64.1 Å². The van der Waals surface area contributed by atoms with E-state index in [0.717, 1.165) is 11.3 Å². The van der Waals surface area contributed by atoms with Crippen molar-refractivity contribution in [3.63, 3.8) is 0 Å². The zero-order valence-corrected chi connectivity index (χ0v) is 9.99. The van der Waals surface area contributed by atoms with Gasteiger partial charge in [-0.2, -0.15) is 5.10 Å². The normalized spacial score (nSPS) is 11.9. The number of rotatable bonds is 3. The number of aromatic amines is 1. The first-order valence-corrected chi connectivity index (χ1v) is 5.34. The van der Waals surface area contributed by atoms with Gasteiger partial charge in [0.05, 0.1) is 5.69 Å². The summed E-state index contributed by atoms with van der Waals surface area (Å²) in [4.78, 5) is 0. The second-order valence-corrected chi connectivity index (χ2v) is 2.62. The van der Waals surface area contributed by atoms with E-state index in [0.29, 0.717) is 0 Å². The minimum Gasteiger partial charge on any atom is -0.278 e. The standard InChI is InChI=1S/C11H14N2.C2H6/c1-3-5-7-10(6-4-2)11-8-9-12-13-11;1-2/h3-9H,1-2H3,(H,12,13);1-2H3/b5-3-,6-4-,10-7+;. The second-order valence-electron chi connectivity index (χ2n) is 2.62. The lowest BCUT2D eigenvalue weighted by Gasteiger charge is -1.95. The molecule has 1 heterocycles. The molecular weight excluding hydrogens is 184 g/mol. The SMILES string of the molecule is CC.C\C=C/C=C(\C=C/C)c1ccn[nH]1. The van der Waals surface area contributed by atoms with Crippen molar-refractivity contribution >= 4 is 5.57 Å². The average Bonchev–Trinajstić information content (AvgIpc) is 2.80. The Kier molecular flexibility index (Phi) is 8.06. The van der Waals surface area contributed by atoms with Crippen molar-refractivity contribution in [2.45, 2.75) is 27.7 Å². The van der Waals surface area contributed by atoms with E-state index in [4.69, 9.17) is 0 Å². The van der Waals surface area contributed by atoms with Crippen LogP contribution in [0.4, 0.5) is 0 Å². The molecule has 0 saturated heterocycles. The van der Waals surface area contributed by atoms with E-state index < -0.39 is 0 Å². The van der Waals surface area contributed by atoms with Crippen LogP contribution in [0.2, 0.25) is 0 Å². The van der Waals surface area contributed by atoms with Gasteiger partial charge in [-0.25, -0.2) is 0 Å². The molecule has 1 N–H and O–H groups in total. The van der Waals surface area contributed by atoms with Crippen LogP contribution in [0, 0.1) is 0 Å². The van der Waals surface area contributed by atoms with Gasteiger partial charge in [0.1, 0.15) is 0 Å². The van der Waals surface area contributed by atoms with Gasteiger partial charge in [-0.15, -0.1) is 0 Å². The fraction of sp³-hybridized carbons (Fsp3) is 0.308. The Bertz CT molecular complexity index is 316. The van der Waals surface area contributed by atoms with Crippen molar-refractivity contribution in [1.29, 1.82) is 0 Å². The Morgan fingerprint density at radius 1 is 1.27 bits per heavy atom. The summed E-state index contributed by atoms with van der Waals surface area (Å²) in [6.45, 7) is 8.00. The minimum atomic E-state index is 1.04. The molecule has 0 aliphatic carbocycles. The molecule has 0 aliphatic heterocycles. The van der Waals surface area contributed by atoms with E-state index in [1.54, 1.807) is 6.20 Å². The highest BCUT2D eigenvalue weighted by molar-refractivity contribution is 5.72. The van der Waals surface area contributed by atoms with Crippen LogP contribution < -0.4 is 0 Å². The van der Waals surface area contributed by atoms with Crippen LogP contribution in [-0.4, -0.2) is 10.2 Å². The van der Waals surface area contributed by atoms with Crippen molar-refractivity contribution in [3.05, 3.63) is 48.3 Å². The molecule has 0 aromatic carbocycles. The zero-order valence-electron chi connectivity index (χ0n) is 9.99. The lowest BCUT2D eigenvalue weighted by molar-refractivity contribution is 1.08. The Hall–Kier alpha value is -1.57. The molecule has 0 radical (unpaired) electrons. The summed E-state index contributed by atoms with van der Waals surface area (Å²) in [7, 11) is 0. The van der Waals surface area contributed by atoms with Crippen LogP contribution in [0.3, 0.4) is 0 Å². The number of aromatic nitrogens is 2. The molecule has 82 valence electrons. The molecule has 0 unspecified atom stereocenters. The van der Waals surface area contributed by atoms with Gasteiger partial charge >= 0.3 is 0 Å². The number of H-pyrrole nitrogens is 1.